The van der Waals surface area contributed by atoms with Crippen molar-refractivity contribution in [3.05, 3.63) is 9.81 Å². The van der Waals surface area contributed by atoms with Crippen LogP contribution in [0.1, 0.15) is 78.6 Å². The topological polar surface area (TPSA) is 107 Å². The zero-order chi connectivity index (χ0) is 26.5. The van der Waals surface area contributed by atoms with Gasteiger partial charge in [-0.1, -0.05) is 13.3 Å². The van der Waals surface area contributed by atoms with Crippen molar-refractivity contribution in [3.63, 3.8) is 0 Å². The van der Waals surface area contributed by atoms with Gasteiger partial charge in [0.05, 0.1) is 4.24 Å². The fourth-order valence-electron chi connectivity index (χ4n) is 6.54. The van der Waals surface area contributed by atoms with Gasteiger partial charge in [0, 0.05) is 18.6 Å². The van der Waals surface area contributed by atoms with Crippen molar-refractivity contribution in [2.24, 2.45) is 5.41 Å². The van der Waals surface area contributed by atoms with E-state index in [-0.39, 0.29) is 35.0 Å². The van der Waals surface area contributed by atoms with Crippen molar-refractivity contribution in [3.8, 4) is 0 Å². The number of nitrogens with zero attached hydrogens (tertiary/aromatic N) is 3. The number of imide groups is 3. The van der Waals surface area contributed by atoms with Crippen molar-refractivity contribution in [1.82, 2.24) is 20.0 Å². The van der Waals surface area contributed by atoms with Crippen LogP contribution in [0.15, 0.2) is 9.81 Å². The average Bonchev–Trinajstić information content (AvgIpc) is 3.04. The van der Waals surface area contributed by atoms with E-state index in [9.17, 15) is 24.0 Å². The van der Waals surface area contributed by atoms with Gasteiger partial charge in [0.2, 0.25) is 0 Å². The summed E-state index contributed by atoms with van der Waals surface area (Å²) in [5, 5.41) is 2.44. The smallest absolute Gasteiger partial charge is 0.307 e. The largest absolute Gasteiger partial charge is 0.334 e. The minimum absolute atomic E-state index is 0.0232. The molecule has 2 aliphatic carbocycles. The minimum atomic E-state index is -0.846. The van der Waals surface area contributed by atoms with Gasteiger partial charge in [-0.2, -0.15) is 0 Å². The number of thioether (sulfide) groups is 2. The number of carbonyl (C=O) groups excluding carboxylic acids is 5. The molecule has 2 saturated carbocycles. The molecule has 5 aliphatic rings. The van der Waals surface area contributed by atoms with Crippen LogP contribution >= 0.6 is 23.5 Å². The Morgan fingerprint density at radius 3 is 2.16 bits per heavy atom. The Morgan fingerprint density at radius 1 is 0.946 bits per heavy atom. The molecular formula is C26H36N4O5S2. The molecule has 0 unspecified atom stereocenters. The Kier molecular flexibility index (Phi) is 7.15. The standard InChI is InChI=1S/C26H36N4O5S2/c1-4-5-11-28-19(31)18(21-36-12-6-13-37-21)20(32)29(24(28)35)16-7-9-26(10-8-16)14-17(15-26)30-23(34)27-22(33)25(30,2)3/h16-17H,4-15H2,1-3H3,(H,27,33,34). The van der Waals surface area contributed by atoms with E-state index >= 15 is 0 Å². The molecule has 7 amide bonds. The Hall–Kier alpha value is -2.01. The van der Waals surface area contributed by atoms with Gasteiger partial charge in [-0.15, -0.1) is 23.5 Å². The fourth-order valence-corrected chi connectivity index (χ4v) is 9.14. The van der Waals surface area contributed by atoms with Crippen LogP contribution in [0.4, 0.5) is 9.59 Å². The predicted molar refractivity (Wildman–Crippen MR) is 143 cm³/mol. The first kappa shape index (κ1) is 26.6. The predicted octanol–water partition coefficient (Wildman–Crippen LogP) is 4.08. The molecule has 0 atom stereocenters. The Balaban J connectivity index is 1.30. The normalized spacial score (nSPS) is 32.4. The third-order valence-electron chi connectivity index (χ3n) is 8.70. The number of urea groups is 2. The number of barbiturate groups is 1. The van der Waals surface area contributed by atoms with Gasteiger partial charge in [0.15, 0.2) is 0 Å². The number of amides is 7. The summed E-state index contributed by atoms with van der Waals surface area (Å²) in [4.78, 5) is 69.4. The lowest BCUT2D eigenvalue weighted by Crippen LogP contribution is -2.62. The molecular weight excluding hydrogens is 512 g/mol. The number of rotatable bonds is 5. The van der Waals surface area contributed by atoms with E-state index in [1.54, 1.807) is 42.3 Å². The van der Waals surface area contributed by atoms with E-state index < -0.39 is 23.4 Å². The van der Waals surface area contributed by atoms with Gasteiger partial charge < -0.3 is 4.90 Å². The third kappa shape index (κ3) is 4.49. The van der Waals surface area contributed by atoms with Crippen molar-refractivity contribution < 1.29 is 24.0 Å². The van der Waals surface area contributed by atoms with Gasteiger partial charge in [0.25, 0.3) is 17.7 Å². The molecule has 0 aromatic carbocycles. The molecule has 9 nitrogen and oxygen atoms in total. The molecule has 3 saturated heterocycles. The quantitative estimate of drug-likeness (QED) is 0.313. The fraction of sp³-hybridized carbons (Fsp3) is 0.731. The lowest BCUT2D eigenvalue weighted by Gasteiger charge is -2.56. The maximum absolute atomic E-state index is 13.7. The average molecular weight is 549 g/mol. The molecule has 5 fully saturated rings. The van der Waals surface area contributed by atoms with Crippen LogP contribution < -0.4 is 5.32 Å². The Labute approximate surface area is 226 Å². The van der Waals surface area contributed by atoms with Crippen LogP contribution in [-0.4, -0.2) is 80.2 Å². The second kappa shape index (κ2) is 9.94. The van der Waals surface area contributed by atoms with Crippen LogP contribution in [0.25, 0.3) is 0 Å². The summed E-state index contributed by atoms with van der Waals surface area (Å²) in [6.07, 6.45) is 7.35. The summed E-state index contributed by atoms with van der Waals surface area (Å²) in [6, 6.07) is -0.997. The van der Waals surface area contributed by atoms with Crippen LogP contribution in [0, 0.1) is 5.41 Å². The zero-order valence-corrected chi connectivity index (χ0v) is 23.5. The van der Waals surface area contributed by atoms with Crippen molar-refractivity contribution in [1.29, 1.82) is 0 Å². The van der Waals surface area contributed by atoms with Crippen molar-refractivity contribution >= 4 is 53.3 Å². The molecule has 0 aromatic heterocycles. The molecule has 5 rings (SSSR count). The number of carbonyl (C=O) groups is 5. The van der Waals surface area contributed by atoms with E-state index in [4.69, 9.17) is 0 Å². The van der Waals surface area contributed by atoms with Gasteiger partial charge in [0.1, 0.15) is 11.1 Å². The molecule has 202 valence electrons. The minimum Gasteiger partial charge on any atom is -0.307 e. The molecule has 3 aliphatic heterocycles. The monoisotopic (exact) mass is 548 g/mol. The van der Waals surface area contributed by atoms with Crippen molar-refractivity contribution in [2.45, 2.75) is 96.2 Å². The summed E-state index contributed by atoms with van der Waals surface area (Å²) in [7, 11) is 0. The SMILES string of the molecule is CCCCN1C(=O)C(=C2SCCCS2)C(=O)N(C2CCC3(CC2)CC(N2C(=O)NC(=O)C2(C)C)C3)C1=O. The highest BCUT2D eigenvalue weighted by Crippen LogP contribution is 2.55. The first-order chi connectivity index (χ1) is 17.6. The highest BCUT2D eigenvalue weighted by Gasteiger charge is 2.57. The number of nitrogens with one attached hydrogen (secondary N) is 1. The summed E-state index contributed by atoms with van der Waals surface area (Å²) in [6.45, 7) is 5.91. The molecule has 0 radical (unpaired) electrons. The Bertz CT molecular complexity index is 1050. The van der Waals surface area contributed by atoms with Crippen molar-refractivity contribution in [2.75, 3.05) is 18.1 Å². The highest BCUT2D eigenvalue weighted by atomic mass is 32.2. The number of hydrogen-bond acceptors (Lipinski definition) is 7. The van der Waals surface area contributed by atoms with E-state index in [1.807, 2.05) is 6.92 Å². The highest BCUT2D eigenvalue weighted by molar-refractivity contribution is 8.22. The first-order valence-corrected chi connectivity index (χ1v) is 15.4. The molecule has 37 heavy (non-hydrogen) atoms. The van der Waals surface area contributed by atoms with E-state index in [2.05, 4.69) is 5.32 Å². The third-order valence-corrected chi connectivity index (χ3v) is 11.3. The van der Waals surface area contributed by atoms with Gasteiger partial charge >= 0.3 is 12.1 Å². The molecule has 0 aromatic rings. The second-order valence-corrected chi connectivity index (χ2v) is 13.9. The lowest BCUT2D eigenvalue weighted by atomic mass is 9.57. The van der Waals surface area contributed by atoms with Crippen LogP contribution in [0.2, 0.25) is 0 Å². The van der Waals surface area contributed by atoms with E-state index in [0.717, 1.165) is 54.3 Å². The summed E-state index contributed by atoms with van der Waals surface area (Å²) in [5.41, 5.74) is -0.596. The molecule has 1 spiro atoms. The van der Waals surface area contributed by atoms with Gasteiger partial charge in [-0.3, -0.25) is 29.5 Å². The maximum Gasteiger partial charge on any atom is 0.334 e. The summed E-state index contributed by atoms with van der Waals surface area (Å²) in [5.74, 6) is 0.623. The molecule has 11 heteroatoms. The first-order valence-electron chi connectivity index (χ1n) is 13.4. The summed E-state index contributed by atoms with van der Waals surface area (Å²) < 4.78 is 0.760. The number of unbranched alkanes of at least 4 members (excludes halogenated alkanes) is 1. The van der Waals surface area contributed by atoms with E-state index in [0.29, 0.717) is 25.8 Å². The number of hydrogen-bond donors (Lipinski definition) is 1. The van der Waals surface area contributed by atoms with Gasteiger partial charge in [-0.05, 0) is 82.1 Å². The second-order valence-electron chi connectivity index (χ2n) is 11.5. The Morgan fingerprint density at radius 2 is 1.59 bits per heavy atom. The molecule has 0 bridgehead atoms. The molecule has 3 heterocycles. The van der Waals surface area contributed by atoms with Crippen LogP contribution in [0.3, 0.4) is 0 Å². The maximum atomic E-state index is 13.7. The zero-order valence-electron chi connectivity index (χ0n) is 21.8. The van der Waals surface area contributed by atoms with Crippen LogP contribution in [0.5, 0.6) is 0 Å². The van der Waals surface area contributed by atoms with Gasteiger partial charge in [-0.25, -0.2) is 9.59 Å². The lowest BCUT2D eigenvalue weighted by molar-refractivity contribution is -0.138. The van der Waals surface area contributed by atoms with Crippen LogP contribution in [-0.2, 0) is 14.4 Å². The summed E-state index contributed by atoms with van der Waals surface area (Å²) >= 11 is 3.11. The molecule has 1 N–H and O–H groups in total. The van der Waals surface area contributed by atoms with E-state index in [1.165, 1.54) is 9.80 Å².